The van der Waals surface area contributed by atoms with Gasteiger partial charge in [-0.05, 0) is 12.3 Å². The largest absolute Gasteiger partial charge is 0.382 e. The minimum Gasteiger partial charge on any atom is -0.382 e. The first kappa shape index (κ1) is 10.5. The summed E-state index contributed by atoms with van der Waals surface area (Å²) in [5.41, 5.74) is -0.517. The third kappa shape index (κ3) is 2.02. The molecule has 0 aromatic rings. The summed E-state index contributed by atoms with van der Waals surface area (Å²) in [6.07, 6.45) is 7.95. The van der Waals surface area contributed by atoms with E-state index >= 15 is 0 Å². The predicted molar refractivity (Wildman–Crippen MR) is 56.5 cm³/mol. The average Bonchev–Trinajstić information content (AvgIpc) is 1.94. The molecule has 0 atom stereocenters. The molecular weight excluding hydrogens is 160 g/mol. The highest BCUT2D eigenvalue weighted by Crippen LogP contribution is 2.43. The second-order valence-corrected chi connectivity index (χ2v) is 5.43. The molecule has 0 amide bonds. The van der Waals surface area contributed by atoms with Crippen molar-refractivity contribution >= 4 is 0 Å². The molecule has 74 valence electrons. The van der Waals surface area contributed by atoms with Crippen molar-refractivity contribution in [3.63, 3.8) is 0 Å². The first-order chi connectivity index (χ1) is 5.66. The topological polar surface area (TPSA) is 20.2 Å². The molecule has 1 rings (SSSR count). The summed E-state index contributed by atoms with van der Waals surface area (Å²) in [4.78, 5) is 0. The normalized spacial score (nSPS) is 39.5. The zero-order valence-electron chi connectivity index (χ0n) is 9.26. The van der Waals surface area contributed by atoms with Crippen LogP contribution < -0.4 is 0 Å². The lowest BCUT2D eigenvalue weighted by molar-refractivity contribution is 0.147. The number of rotatable bonds is 0. The van der Waals surface area contributed by atoms with Crippen molar-refractivity contribution in [3.05, 3.63) is 24.3 Å². The van der Waals surface area contributed by atoms with E-state index < -0.39 is 5.60 Å². The molecule has 0 spiro atoms. The standard InChI is InChI=1S/C12H20O/c1-10(2,3)11(4)6-8-12(5,13)9-7-11/h6-9,13H,1-5H3. The molecule has 1 nitrogen and oxygen atoms in total. The molecule has 0 bridgehead atoms. The van der Waals surface area contributed by atoms with Crippen LogP contribution in [-0.4, -0.2) is 10.7 Å². The van der Waals surface area contributed by atoms with Crippen molar-refractivity contribution in [1.29, 1.82) is 0 Å². The van der Waals surface area contributed by atoms with Crippen LogP contribution in [-0.2, 0) is 0 Å². The number of hydrogen-bond acceptors (Lipinski definition) is 1. The van der Waals surface area contributed by atoms with Gasteiger partial charge in [0.2, 0.25) is 0 Å². The first-order valence-electron chi connectivity index (χ1n) is 4.79. The summed E-state index contributed by atoms with van der Waals surface area (Å²) >= 11 is 0. The van der Waals surface area contributed by atoms with E-state index in [9.17, 15) is 5.11 Å². The fourth-order valence-electron chi connectivity index (χ4n) is 1.29. The molecule has 0 aliphatic heterocycles. The van der Waals surface area contributed by atoms with Gasteiger partial charge >= 0.3 is 0 Å². The lowest BCUT2D eigenvalue weighted by Gasteiger charge is -2.40. The Hall–Kier alpha value is -0.560. The molecule has 0 heterocycles. The quantitative estimate of drug-likeness (QED) is 0.568. The molecule has 0 radical (unpaired) electrons. The minimum absolute atomic E-state index is 0.0508. The maximum atomic E-state index is 9.70. The molecule has 0 saturated heterocycles. The molecule has 0 unspecified atom stereocenters. The Morgan fingerprint density at radius 3 is 1.62 bits per heavy atom. The van der Waals surface area contributed by atoms with Crippen LogP contribution in [0.5, 0.6) is 0 Å². The lowest BCUT2D eigenvalue weighted by Crippen LogP contribution is -2.33. The number of aliphatic hydroxyl groups is 1. The fourth-order valence-corrected chi connectivity index (χ4v) is 1.29. The van der Waals surface area contributed by atoms with Gasteiger partial charge in [-0.25, -0.2) is 0 Å². The van der Waals surface area contributed by atoms with Gasteiger partial charge in [-0.3, -0.25) is 0 Å². The second-order valence-electron chi connectivity index (χ2n) is 5.43. The maximum absolute atomic E-state index is 9.70. The molecule has 1 heteroatoms. The summed E-state index contributed by atoms with van der Waals surface area (Å²) in [6.45, 7) is 10.6. The Labute approximate surface area is 81.2 Å². The third-order valence-electron chi connectivity index (χ3n) is 3.15. The SMILES string of the molecule is CC1(O)C=CC(C)(C(C)(C)C)C=C1. The van der Waals surface area contributed by atoms with Gasteiger partial charge in [0.1, 0.15) is 0 Å². The Kier molecular flexibility index (Phi) is 2.20. The van der Waals surface area contributed by atoms with Gasteiger partial charge in [0.25, 0.3) is 0 Å². The summed E-state index contributed by atoms with van der Waals surface area (Å²) in [7, 11) is 0. The minimum atomic E-state index is -0.759. The predicted octanol–water partition coefficient (Wildman–Crippen LogP) is 2.92. The molecule has 1 aliphatic carbocycles. The monoisotopic (exact) mass is 180 g/mol. The van der Waals surface area contributed by atoms with E-state index in [1.807, 2.05) is 12.2 Å². The third-order valence-corrected chi connectivity index (χ3v) is 3.15. The first-order valence-corrected chi connectivity index (χ1v) is 4.79. The summed E-state index contributed by atoms with van der Waals surface area (Å²) in [5, 5.41) is 9.70. The molecule has 0 aromatic carbocycles. The van der Waals surface area contributed by atoms with Crippen LogP contribution in [0.2, 0.25) is 0 Å². The fraction of sp³-hybridized carbons (Fsp3) is 0.667. The lowest BCUT2D eigenvalue weighted by atomic mass is 9.65. The Balaban J connectivity index is 2.96. The van der Waals surface area contributed by atoms with Gasteiger partial charge in [0.15, 0.2) is 0 Å². The van der Waals surface area contributed by atoms with Gasteiger partial charge in [-0.15, -0.1) is 0 Å². The molecule has 0 fully saturated rings. The van der Waals surface area contributed by atoms with E-state index in [0.29, 0.717) is 0 Å². The van der Waals surface area contributed by atoms with Crippen LogP contribution in [0.1, 0.15) is 34.6 Å². The number of allylic oxidation sites excluding steroid dienone is 2. The zero-order chi connectivity index (χ0) is 10.3. The Morgan fingerprint density at radius 1 is 0.923 bits per heavy atom. The highest BCUT2D eigenvalue weighted by molar-refractivity contribution is 5.27. The van der Waals surface area contributed by atoms with E-state index in [4.69, 9.17) is 0 Å². The van der Waals surface area contributed by atoms with Crippen LogP contribution in [0, 0.1) is 10.8 Å². The summed E-state index contributed by atoms with van der Waals surface area (Å²) in [6, 6.07) is 0. The highest BCUT2D eigenvalue weighted by atomic mass is 16.3. The van der Waals surface area contributed by atoms with Crippen molar-refractivity contribution in [1.82, 2.24) is 0 Å². The van der Waals surface area contributed by atoms with Crippen LogP contribution in [0.15, 0.2) is 24.3 Å². The smallest absolute Gasteiger partial charge is 0.0981 e. The highest BCUT2D eigenvalue weighted by Gasteiger charge is 2.35. The Bertz CT molecular complexity index is 235. The van der Waals surface area contributed by atoms with E-state index in [2.05, 4.69) is 39.8 Å². The van der Waals surface area contributed by atoms with E-state index in [1.165, 1.54) is 0 Å². The average molecular weight is 180 g/mol. The molecule has 0 saturated carbocycles. The molecule has 1 N–H and O–H groups in total. The van der Waals surface area contributed by atoms with Crippen molar-refractivity contribution in [2.24, 2.45) is 10.8 Å². The van der Waals surface area contributed by atoms with Crippen LogP contribution in [0.4, 0.5) is 0 Å². The molecule has 13 heavy (non-hydrogen) atoms. The second kappa shape index (κ2) is 2.71. The Morgan fingerprint density at radius 2 is 1.31 bits per heavy atom. The molecule has 0 aromatic heterocycles. The summed E-state index contributed by atoms with van der Waals surface area (Å²) in [5.74, 6) is 0. The van der Waals surface area contributed by atoms with Gasteiger partial charge < -0.3 is 5.11 Å². The van der Waals surface area contributed by atoms with Gasteiger partial charge in [0.05, 0.1) is 5.60 Å². The zero-order valence-corrected chi connectivity index (χ0v) is 9.26. The van der Waals surface area contributed by atoms with Crippen molar-refractivity contribution in [2.45, 2.75) is 40.2 Å². The van der Waals surface area contributed by atoms with Crippen molar-refractivity contribution in [2.75, 3.05) is 0 Å². The van der Waals surface area contributed by atoms with Gasteiger partial charge in [-0.2, -0.15) is 0 Å². The van der Waals surface area contributed by atoms with E-state index in [-0.39, 0.29) is 10.8 Å². The van der Waals surface area contributed by atoms with Crippen LogP contribution >= 0.6 is 0 Å². The van der Waals surface area contributed by atoms with Crippen molar-refractivity contribution < 1.29 is 5.11 Å². The van der Waals surface area contributed by atoms with E-state index in [1.54, 1.807) is 6.92 Å². The van der Waals surface area contributed by atoms with Crippen LogP contribution in [0.25, 0.3) is 0 Å². The van der Waals surface area contributed by atoms with Gasteiger partial charge in [0, 0.05) is 5.41 Å². The maximum Gasteiger partial charge on any atom is 0.0981 e. The van der Waals surface area contributed by atoms with Gasteiger partial charge in [-0.1, -0.05) is 52.0 Å². The summed E-state index contributed by atoms with van der Waals surface area (Å²) < 4.78 is 0. The number of hydrogen-bond donors (Lipinski definition) is 1. The van der Waals surface area contributed by atoms with Crippen molar-refractivity contribution in [3.8, 4) is 0 Å². The van der Waals surface area contributed by atoms with E-state index in [0.717, 1.165) is 0 Å². The molecular formula is C12H20O. The molecule has 1 aliphatic rings. The van der Waals surface area contributed by atoms with Crippen LogP contribution in [0.3, 0.4) is 0 Å².